The Morgan fingerprint density at radius 3 is 2.58 bits per heavy atom. The Labute approximate surface area is 196 Å². The first-order valence-electron chi connectivity index (χ1n) is 11.7. The van der Waals surface area contributed by atoms with Gasteiger partial charge in [0.25, 0.3) is 0 Å². The third-order valence-electron chi connectivity index (χ3n) is 6.54. The first kappa shape index (κ1) is 23.8. The number of fused-ring (bicyclic) bond motifs is 1. The van der Waals surface area contributed by atoms with Crippen LogP contribution in [0.1, 0.15) is 61.3 Å². The number of nitrogens with zero attached hydrogens (tertiary/aromatic N) is 3. The van der Waals surface area contributed by atoms with Gasteiger partial charge in [0.15, 0.2) is 0 Å². The number of likely N-dealkylation sites (tertiary alicyclic amines) is 1. The molecule has 0 saturated carbocycles. The number of anilines is 1. The fraction of sp³-hybridized carbons (Fsp3) is 0.625. The third kappa shape index (κ3) is 5.25. The fourth-order valence-electron chi connectivity index (χ4n) is 4.02. The number of nitrogens with one attached hydrogen (secondary N) is 1. The van der Waals surface area contributed by atoms with Crippen LogP contribution in [0.2, 0.25) is 0 Å². The Hall–Kier alpha value is -2.39. The average molecular weight is 454 g/mol. The Balaban J connectivity index is 1.44. The molecule has 0 radical (unpaired) electrons. The van der Waals surface area contributed by atoms with Crippen LogP contribution in [0.15, 0.2) is 24.4 Å². The SMILES string of the molecule is CC(C)(C)OC(=O)N1CCCC(Nc2ncc3cc(B4OC(C)(C)C(C)(C)O4)ccc3n2)C1. The van der Waals surface area contributed by atoms with Crippen LogP contribution in [0.25, 0.3) is 10.9 Å². The average Bonchev–Trinajstić information content (AvgIpc) is 2.93. The molecular formula is C24H35BN4O4. The number of carbonyl (C=O) groups is 1. The summed E-state index contributed by atoms with van der Waals surface area (Å²) in [6, 6.07) is 6.06. The molecule has 178 valence electrons. The molecule has 1 unspecified atom stereocenters. The van der Waals surface area contributed by atoms with Crippen LogP contribution in [-0.2, 0) is 14.0 Å². The highest BCUT2D eigenvalue weighted by Crippen LogP contribution is 2.36. The van der Waals surface area contributed by atoms with E-state index >= 15 is 0 Å². The van der Waals surface area contributed by atoms with Gasteiger partial charge in [0.05, 0.1) is 16.7 Å². The molecular weight excluding hydrogens is 419 g/mol. The van der Waals surface area contributed by atoms with E-state index in [4.69, 9.17) is 14.0 Å². The predicted molar refractivity (Wildman–Crippen MR) is 130 cm³/mol. The van der Waals surface area contributed by atoms with Crippen molar-refractivity contribution < 1.29 is 18.8 Å². The van der Waals surface area contributed by atoms with Gasteiger partial charge in [0.2, 0.25) is 5.95 Å². The fourth-order valence-corrected chi connectivity index (χ4v) is 4.02. The maximum absolute atomic E-state index is 12.4. The number of rotatable bonds is 3. The summed E-state index contributed by atoms with van der Waals surface area (Å²) in [7, 11) is -0.418. The Bertz CT molecular complexity index is 1020. The molecule has 33 heavy (non-hydrogen) atoms. The van der Waals surface area contributed by atoms with Crippen molar-refractivity contribution in [3.8, 4) is 0 Å². The number of piperidine rings is 1. The highest BCUT2D eigenvalue weighted by molar-refractivity contribution is 6.62. The molecule has 9 heteroatoms. The van der Waals surface area contributed by atoms with Gasteiger partial charge in [-0.05, 0) is 72.8 Å². The van der Waals surface area contributed by atoms with E-state index in [0.29, 0.717) is 19.0 Å². The van der Waals surface area contributed by atoms with Crippen molar-refractivity contribution in [1.29, 1.82) is 0 Å². The van der Waals surface area contributed by atoms with E-state index in [9.17, 15) is 4.79 Å². The maximum atomic E-state index is 12.4. The van der Waals surface area contributed by atoms with Crippen LogP contribution in [0.5, 0.6) is 0 Å². The summed E-state index contributed by atoms with van der Waals surface area (Å²) in [6.07, 6.45) is 3.39. The molecule has 2 aromatic rings. The Kier molecular flexibility index (Phi) is 6.07. The van der Waals surface area contributed by atoms with E-state index in [-0.39, 0.29) is 23.3 Å². The van der Waals surface area contributed by atoms with E-state index in [1.165, 1.54) is 0 Å². The molecule has 0 aliphatic carbocycles. The minimum atomic E-state index is -0.502. The van der Waals surface area contributed by atoms with Gasteiger partial charge in [0.1, 0.15) is 5.60 Å². The van der Waals surface area contributed by atoms with E-state index in [2.05, 4.69) is 15.3 Å². The van der Waals surface area contributed by atoms with Crippen molar-refractivity contribution in [3.63, 3.8) is 0 Å². The van der Waals surface area contributed by atoms with Crippen LogP contribution in [0, 0.1) is 0 Å². The minimum Gasteiger partial charge on any atom is -0.444 e. The van der Waals surface area contributed by atoms with Crippen molar-refractivity contribution in [3.05, 3.63) is 24.4 Å². The molecule has 0 spiro atoms. The summed E-state index contributed by atoms with van der Waals surface area (Å²) >= 11 is 0. The van der Waals surface area contributed by atoms with Crippen molar-refractivity contribution in [1.82, 2.24) is 14.9 Å². The second-order valence-corrected chi connectivity index (χ2v) is 11.0. The number of hydrogen-bond acceptors (Lipinski definition) is 7. The molecule has 2 aliphatic rings. The number of amides is 1. The van der Waals surface area contributed by atoms with Crippen molar-refractivity contribution in [2.75, 3.05) is 18.4 Å². The summed E-state index contributed by atoms with van der Waals surface area (Å²) in [5.41, 5.74) is 0.518. The lowest BCUT2D eigenvalue weighted by molar-refractivity contribution is 0.00578. The Morgan fingerprint density at radius 2 is 1.91 bits per heavy atom. The Morgan fingerprint density at radius 1 is 1.21 bits per heavy atom. The molecule has 3 heterocycles. The zero-order valence-electron chi connectivity index (χ0n) is 20.8. The maximum Gasteiger partial charge on any atom is 0.494 e. The lowest BCUT2D eigenvalue weighted by atomic mass is 9.78. The molecule has 2 saturated heterocycles. The highest BCUT2D eigenvalue weighted by Gasteiger charge is 2.51. The van der Waals surface area contributed by atoms with Gasteiger partial charge in [-0.1, -0.05) is 12.1 Å². The number of aromatic nitrogens is 2. The molecule has 2 aliphatic heterocycles. The zero-order chi connectivity index (χ0) is 24.0. The largest absolute Gasteiger partial charge is 0.494 e. The summed E-state index contributed by atoms with van der Waals surface area (Å²) < 4.78 is 17.8. The second-order valence-electron chi connectivity index (χ2n) is 11.0. The summed E-state index contributed by atoms with van der Waals surface area (Å²) in [5, 5.41) is 4.31. The van der Waals surface area contributed by atoms with Gasteiger partial charge in [0, 0.05) is 30.7 Å². The first-order valence-corrected chi connectivity index (χ1v) is 11.7. The molecule has 2 fully saturated rings. The molecule has 4 rings (SSSR count). The highest BCUT2D eigenvalue weighted by atomic mass is 16.7. The zero-order valence-corrected chi connectivity index (χ0v) is 20.8. The summed E-state index contributed by atoms with van der Waals surface area (Å²) in [5.74, 6) is 0.557. The molecule has 1 amide bonds. The topological polar surface area (TPSA) is 85.8 Å². The van der Waals surface area contributed by atoms with Crippen LogP contribution < -0.4 is 10.8 Å². The molecule has 1 atom stereocenters. The van der Waals surface area contributed by atoms with Crippen LogP contribution in [-0.4, -0.2) is 64.0 Å². The van der Waals surface area contributed by atoms with Gasteiger partial charge in [-0.2, -0.15) is 0 Å². The molecule has 8 nitrogen and oxygen atoms in total. The quantitative estimate of drug-likeness (QED) is 0.708. The van der Waals surface area contributed by atoms with Crippen LogP contribution in [0.4, 0.5) is 10.7 Å². The van der Waals surface area contributed by atoms with E-state index in [1.807, 2.05) is 72.9 Å². The van der Waals surface area contributed by atoms with Gasteiger partial charge in [-0.3, -0.25) is 0 Å². The van der Waals surface area contributed by atoms with Crippen LogP contribution in [0.3, 0.4) is 0 Å². The van der Waals surface area contributed by atoms with Crippen LogP contribution >= 0.6 is 0 Å². The number of hydrogen-bond donors (Lipinski definition) is 1. The van der Waals surface area contributed by atoms with Crippen molar-refractivity contribution in [2.24, 2.45) is 0 Å². The lowest BCUT2D eigenvalue weighted by Gasteiger charge is -2.34. The number of ether oxygens (including phenoxy) is 1. The van der Waals surface area contributed by atoms with Crippen molar-refractivity contribution in [2.45, 2.75) is 84.2 Å². The van der Waals surface area contributed by atoms with Gasteiger partial charge in [-0.25, -0.2) is 14.8 Å². The first-order chi connectivity index (χ1) is 15.3. The minimum absolute atomic E-state index is 0.0766. The second kappa shape index (κ2) is 8.44. The number of benzene rings is 1. The standard InChI is InChI=1S/C24H35BN4O4/c1-22(2,3)31-21(30)29-12-8-9-18(15-29)27-20-26-14-16-13-17(10-11-19(16)28-20)25-32-23(4,5)24(6,7)33-25/h10-11,13-14,18H,8-9,12,15H2,1-7H3,(H,26,27,28). The van der Waals surface area contributed by atoms with Gasteiger partial charge < -0.3 is 24.3 Å². The monoisotopic (exact) mass is 454 g/mol. The molecule has 1 N–H and O–H groups in total. The van der Waals surface area contributed by atoms with Crippen molar-refractivity contribution >= 4 is 35.5 Å². The summed E-state index contributed by atoms with van der Waals surface area (Å²) in [6.45, 7) is 15.1. The summed E-state index contributed by atoms with van der Waals surface area (Å²) in [4.78, 5) is 23.4. The van der Waals surface area contributed by atoms with Gasteiger partial charge >= 0.3 is 13.2 Å². The lowest BCUT2D eigenvalue weighted by Crippen LogP contribution is -2.47. The molecule has 1 aromatic carbocycles. The predicted octanol–water partition coefficient (Wildman–Crippen LogP) is 3.74. The molecule has 0 bridgehead atoms. The normalized spacial score (nSPS) is 22.5. The van der Waals surface area contributed by atoms with E-state index in [1.54, 1.807) is 4.90 Å². The van der Waals surface area contributed by atoms with E-state index < -0.39 is 12.7 Å². The number of carbonyl (C=O) groups excluding carboxylic acids is 1. The molecule has 1 aromatic heterocycles. The van der Waals surface area contributed by atoms with E-state index in [0.717, 1.165) is 29.2 Å². The smallest absolute Gasteiger partial charge is 0.444 e. The van der Waals surface area contributed by atoms with Gasteiger partial charge in [-0.15, -0.1) is 0 Å². The third-order valence-corrected chi connectivity index (χ3v) is 6.54.